The lowest BCUT2D eigenvalue weighted by Gasteiger charge is -2.19. The first-order chi connectivity index (χ1) is 10.7. The highest BCUT2D eigenvalue weighted by Crippen LogP contribution is 2.13. The van der Waals surface area contributed by atoms with Crippen LogP contribution in [0.5, 0.6) is 0 Å². The summed E-state index contributed by atoms with van der Waals surface area (Å²) < 4.78 is 7.62. The van der Waals surface area contributed by atoms with Crippen LogP contribution >= 0.6 is 11.5 Å². The van der Waals surface area contributed by atoms with Gasteiger partial charge in [0.1, 0.15) is 5.60 Å². The van der Waals surface area contributed by atoms with Crippen LogP contribution in [0.1, 0.15) is 26.3 Å². The van der Waals surface area contributed by atoms with Crippen LogP contribution in [0.25, 0.3) is 0 Å². The average Bonchev–Trinajstić information content (AvgIpc) is 2.65. The van der Waals surface area contributed by atoms with Crippen molar-refractivity contribution in [1.29, 1.82) is 0 Å². The summed E-state index contributed by atoms with van der Waals surface area (Å²) in [5, 5.41) is 2.62. The smallest absolute Gasteiger partial charge is 0.412 e. The van der Waals surface area contributed by atoms with Crippen LogP contribution in [-0.2, 0) is 18.3 Å². The van der Waals surface area contributed by atoms with Crippen LogP contribution in [0, 0.1) is 0 Å². The van der Waals surface area contributed by atoms with E-state index >= 15 is 0 Å². The number of carbonyl (C=O) groups is 1. The topological polar surface area (TPSA) is 82.3 Å². The number of benzene rings is 1. The Hall–Kier alpha value is -2.35. The SMILES string of the molecule is Cn1sc(=O)n(Cc2ccc(NC(=O)OC(C)(C)C)cc2)c1=O. The number of carbonyl (C=O) groups excluding carboxylic acids is 1. The summed E-state index contributed by atoms with van der Waals surface area (Å²) in [4.78, 5) is 34.9. The minimum absolute atomic E-state index is 0.196. The molecule has 0 aliphatic carbocycles. The second-order valence-electron chi connectivity index (χ2n) is 6.05. The van der Waals surface area contributed by atoms with Crippen LogP contribution in [0.4, 0.5) is 10.5 Å². The van der Waals surface area contributed by atoms with E-state index < -0.39 is 11.7 Å². The molecule has 0 spiro atoms. The fourth-order valence-corrected chi connectivity index (χ4v) is 2.54. The fraction of sp³-hybridized carbons (Fsp3) is 0.400. The summed E-state index contributed by atoms with van der Waals surface area (Å²) in [6.07, 6.45) is -0.534. The van der Waals surface area contributed by atoms with Crippen molar-refractivity contribution in [2.24, 2.45) is 7.05 Å². The normalized spacial score (nSPS) is 11.3. The third kappa shape index (κ3) is 4.56. The summed E-state index contributed by atoms with van der Waals surface area (Å²) in [5.74, 6) is 0. The van der Waals surface area contributed by atoms with Crippen molar-refractivity contribution in [1.82, 2.24) is 8.52 Å². The highest BCUT2D eigenvalue weighted by atomic mass is 32.1. The molecule has 1 amide bonds. The van der Waals surface area contributed by atoms with Crippen molar-refractivity contribution < 1.29 is 9.53 Å². The minimum Gasteiger partial charge on any atom is -0.444 e. The maximum Gasteiger partial charge on any atom is 0.412 e. The van der Waals surface area contributed by atoms with E-state index in [0.29, 0.717) is 5.69 Å². The van der Waals surface area contributed by atoms with E-state index in [1.165, 1.54) is 8.52 Å². The molecule has 1 heterocycles. The van der Waals surface area contributed by atoms with Gasteiger partial charge in [-0.15, -0.1) is 0 Å². The molecule has 0 radical (unpaired) electrons. The molecule has 23 heavy (non-hydrogen) atoms. The van der Waals surface area contributed by atoms with Gasteiger partial charge in [0.2, 0.25) is 0 Å². The van der Waals surface area contributed by atoms with Gasteiger partial charge < -0.3 is 4.74 Å². The first kappa shape index (κ1) is 17.0. The Morgan fingerprint density at radius 1 is 1.22 bits per heavy atom. The minimum atomic E-state index is -0.565. The highest BCUT2D eigenvalue weighted by molar-refractivity contribution is 7.03. The van der Waals surface area contributed by atoms with Gasteiger partial charge in [-0.05, 0) is 38.5 Å². The Morgan fingerprint density at radius 3 is 2.30 bits per heavy atom. The molecular weight excluding hydrogens is 318 g/mol. The molecule has 1 aromatic carbocycles. The molecule has 0 aliphatic rings. The van der Waals surface area contributed by atoms with Gasteiger partial charge in [0.05, 0.1) is 6.54 Å². The van der Waals surface area contributed by atoms with Crippen molar-refractivity contribution in [2.45, 2.75) is 32.9 Å². The lowest BCUT2D eigenvalue weighted by atomic mass is 10.2. The van der Waals surface area contributed by atoms with Gasteiger partial charge in [-0.3, -0.25) is 10.1 Å². The zero-order valence-corrected chi connectivity index (χ0v) is 14.3. The predicted molar refractivity (Wildman–Crippen MR) is 89.2 cm³/mol. The molecular formula is C15H19N3O4S. The van der Waals surface area contributed by atoms with E-state index in [0.717, 1.165) is 17.1 Å². The molecule has 0 saturated heterocycles. The number of rotatable bonds is 3. The molecule has 2 aromatic rings. The van der Waals surface area contributed by atoms with Crippen LogP contribution in [0.15, 0.2) is 33.9 Å². The van der Waals surface area contributed by atoms with Gasteiger partial charge in [-0.25, -0.2) is 18.1 Å². The molecule has 0 atom stereocenters. The number of aromatic nitrogens is 2. The van der Waals surface area contributed by atoms with Gasteiger partial charge >= 0.3 is 16.7 Å². The Kier molecular flexibility index (Phi) is 4.74. The van der Waals surface area contributed by atoms with Crippen LogP contribution < -0.4 is 15.9 Å². The largest absolute Gasteiger partial charge is 0.444 e. The van der Waals surface area contributed by atoms with E-state index in [1.807, 2.05) is 0 Å². The summed E-state index contributed by atoms with van der Waals surface area (Å²) in [6, 6.07) is 6.88. The molecule has 0 unspecified atom stereocenters. The van der Waals surface area contributed by atoms with E-state index in [4.69, 9.17) is 4.74 Å². The predicted octanol–water partition coefficient (Wildman–Crippen LogP) is 2.00. The maximum absolute atomic E-state index is 11.8. The number of nitrogens with one attached hydrogen (secondary N) is 1. The molecule has 1 aromatic heterocycles. The third-order valence-electron chi connectivity index (χ3n) is 2.88. The van der Waals surface area contributed by atoms with Crippen molar-refractivity contribution in [3.8, 4) is 0 Å². The number of anilines is 1. The molecule has 7 nitrogen and oxygen atoms in total. The molecule has 0 fully saturated rings. The zero-order chi connectivity index (χ0) is 17.2. The molecule has 0 bridgehead atoms. The van der Waals surface area contributed by atoms with Crippen molar-refractivity contribution >= 4 is 23.3 Å². The van der Waals surface area contributed by atoms with E-state index in [-0.39, 0.29) is 17.1 Å². The Morgan fingerprint density at radius 2 is 1.83 bits per heavy atom. The van der Waals surface area contributed by atoms with E-state index in [1.54, 1.807) is 52.1 Å². The first-order valence-corrected chi connectivity index (χ1v) is 7.79. The number of nitrogens with zero attached hydrogens (tertiary/aromatic N) is 2. The number of hydrogen-bond acceptors (Lipinski definition) is 5. The summed E-state index contributed by atoms with van der Waals surface area (Å²) in [6.45, 7) is 5.56. The monoisotopic (exact) mass is 337 g/mol. The van der Waals surface area contributed by atoms with Crippen molar-refractivity contribution in [3.05, 3.63) is 50.0 Å². The third-order valence-corrected chi connectivity index (χ3v) is 3.68. The van der Waals surface area contributed by atoms with Gasteiger partial charge in [-0.1, -0.05) is 12.1 Å². The van der Waals surface area contributed by atoms with Gasteiger partial charge in [0, 0.05) is 24.3 Å². The lowest BCUT2D eigenvalue weighted by molar-refractivity contribution is 0.0636. The van der Waals surface area contributed by atoms with E-state index in [9.17, 15) is 14.4 Å². The molecule has 124 valence electrons. The average molecular weight is 337 g/mol. The lowest BCUT2D eigenvalue weighted by Crippen LogP contribution is -2.28. The van der Waals surface area contributed by atoms with Crippen molar-refractivity contribution in [3.63, 3.8) is 0 Å². The van der Waals surface area contributed by atoms with Crippen LogP contribution in [0.3, 0.4) is 0 Å². The van der Waals surface area contributed by atoms with Gasteiger partial charge in [-0.2, -0.15) is 0 Å². The highest BCUT2D eigenvalue weighted by Gasteiger charge is 2.16. The molecule has 8 heteroatoms. The molecule has 0 saturated carbocycles. The molecule has 2 rings (SSSR count). The molecule has 0 aliphatic heterocycles. The number of amides is 1. The summed E-state index contributed by atoms with van der Waals surface area (Å²) in [5.41, 5.74) is 0.464. The van der Waals surface area contributed by atoms with Gasteiger partial charge in [0.15, 0.2) is 0 Å². The van der Waals surface area contributed by atoms with Crippen LogP contribution in [0.2, 0.25) is 0 Å². The van der Waals surface area contributed by atoms with E-state index in [2.05, 4.69) is 5.32 Å². The van der Waals surface area contributed by atoms with Crippen LogP contribution in [-0.4, -0.2) is 20.2 Å². The summed E-state index contributed by atoms with van der Waals surface area (Å²) in [7, 11) is 1.55. The Labute approximate surface area is 137 Å². The fourth-order valence-electron chi connectivity index (χ4n) is 1.88. The number of ether oxygens (including phenoxy) is 1. The second kappa shape index (κ2) is 6.41. The quantitative estimate of drug-likeness (QED) is 0.929. The Bertz CT molecular complexity index is 809. The standard InChI is InChI=1S/C15H19N3O4S/c1-15(2,3)22-12(19)16-11-7-5-10(6-8-11)9-18-13(20)17(4)23-14(18)21/h5-8H,9H2,1-4H3,(H,16,19). The van der Waals surface area contributed by atoms with Crippen molar-refractivity contribution in [2.75, 3.05) is 5.32 Å². The second-order valence-corrected chi connectivity index (χ2v) is 7.13. The number of hydrogen-bond donors (Lipinski definition) is 1. The van der Waals surface area contributed by atoms with Gasteiger partial charge in [0.25, 0.3) is 0 Å². The summed E-state index contributed by atoms with van der Waals surface area (Å²) >= 11 is 0.870. The maximum atomic E-state index is 11.8. The zero-order valence-electron chi connectivity index (χ0n) is 13.5. The first-order valence-electron chi connectivity index (χ1n) is 7.02. The molecule has 1 N–H and O–H groups in total. The Balaban J connectivity index is 2.07. The number of aryl methyl sites for hydroxylation is 1.